The second-order valence-corrected chi connectivity index (χ2v) is 3.96. The molecule has 0 radical (unpaired) electrons. The molecule has 1 unspecified atom stereocenters. The third kappa shape index (κ3) is 2.02. The first kappa shape index (κ1) is 10.2. The number of piperidine rings is 1. The molecule has 1 atom stereocenters. The summed E-state index contributed by atoms with van der Waals surface area (Å²) in [6.45, 7) is 0.937. The van der Waals surface area contributed by atoms with Crippen LogP contribution in [-0.2, 0) is 7.05 Å². The molecule has 0 aliphatic carbocycles. The molecule has 0 bridgehead atoms. The van der Waals surface area contributed by atoms with Gasteiger partial charge in [0.05, 0.1) is 5.56 Å². The van der Waals surface area contributed by atoms with Gasteiger partial charge in [-0.15, -0.1) is 0 Å². The summed E-state index contributed by atoms with van der Waals surface area (Å²) in [5.41, 5.74) is 0.0360. The van der Waals surface area contributed by atoms with Crippen LogP contribution >= 0.6 is 0 Å². The van der Waals surface area contributed by atoms with E-state index in [0.717, 1.165) is 25.8 Å². The van der Waals surface area contributed by atoms with Gasteiger partial charge in [-0.05, 0) is 19.4 Å². The second kappa shape index (κ2) is 4.02. The molecule has 15 heavy (non-hydrogen) atoms. The van der Waals surface area contributed by atoms with Gasteiger partial charge in [-0.2, -0.15) is 0 Å². The zero-order valence-corrected chi connectivity index (χ0v) is 8.75. The molecule has 2 rings (SSSR count). The first-order valence-electron chi connectivity index (χ1n) is 5.22. The molecule has 2 heterocycles. The van der Waals surface area contributed by atoms with Crippen LogP contribution in [0.2, 0.25) is 0 Å². The monoisotopic (exact) mass is 209 g/mol. The van der Waals surface area contributed by atoms with Crippen molar-refractivity contribution in [1.29, 1.82) is 0 Å². The molecule has 2 N–H and O–H groups in total. The number of hydrogen-bond acceptors (Lipinski definition) is 3. The van der Waals surface area contributed by atoms with E-state index < -0.39 is 0 Å². The van der Waals surface area contributed by atoms with Crippen molar-refractivity contribution in [1.82, 2.24) is 14.9 Å². The van der Waals surface area contributed by atoms with E-state index in [4.69, 9.17) is 0 Å². The predicted octanol–water partition coefficient (Wildman–Crippen LogP) is -0.112. The number of nitrogens with zero attached hydrogens (tertiary/aromatic N) is 1. The molecule has 1 fully saturated rings. The first-order chi connectivity index (χ1) is 7.18. The Kier molecular flexibility index (Phi) is 2.73. The third-order valence-electron chi connectivity index (χ3n) is 2.82. The summed E-state index contributed by atoms with van der Waals surface area (Å²) in [6, 6.07) is 0.0919. The van der Waals surface area contributed by atoms with E-state index in [1.807, 2.05) is 0 Å². The van der Waals surface area contributed by atoms with Crippen LogP contribution < -0.4 is 16.6 Å². The minimum absolute atomic E-state index is 0.0919. The van der Waals surface area contributed by atoms with Gasteiger partial charge in [-0.25, -0.2) is 4.79 Å². The van der Waals surface area contributed by atoms with Crippen molar-refractivity contribution in [3.63, 3.8) is 0 Å². The standard InChI is InChI=1S/C10H15N3O2/c1-13-6-7(9(14)12-10(13)15)8-4-2-3-5-11-8/h6,8,11H,2-5H2,1H3,(H,12,14,15). The van der Waals surface area contributed by atoms with E-state index >= 15 is 0 Å². The Balaban J connectivity index is 2.39. The van der Waals surface area contributed by atoms with E-state index in [-0.39, 0.29) is 17.3 Å². The smallest absolute Gasteiger partial charge is 0.310 e. The highest BCUT2D eigenvalue weighted by Gasteiger charge is 2.18. The molecular formula is C10H15N3O2. The van der Waals surface area contributed by atoms with Gasteiger partial charge in [0.2, 0.25) is 0 Å². The number of rotatable bonds is 1. The van der Waals surface area contributed by atoms with Crippen LogP contribution in [0.25, 0.3) is 0 Å². The molecule has 1 aromatic rings. The van der Waals surface area contributed by atoms with Gasteiger partial charge in [-0.3, -0.25) is 9.78 Å². The Labute approximate surface area is 87.1 Å². The van der Waals surface area contributed by atoms with Gasteiger partial charge in [0.15, 0.2) is 0 Å². The largest absolute Gasteiger partial charge is 0.328 e. The lowest BCUT2D eigenvalue weighted by Crippen LogP contribution is -2.36. The first-order valence-corrected chi connectivity index (χ1v) is 5.22. The molecule has 82 valence electrons. The number of aryl methyl sites for hydroxylation is 1. The van der Waals surface area contributed by atoms with Crippen LogP contribution in [0, 0.1) is 0 Å². The van der Waals surface area contributed by atoms with Crippen LogP contribution in [-0.4, -0.2) is 16.1 Å². The van der Waals surface area contributed by atoms with Crippen LogP contribution in [0.3, 0.4) is 0 Å². The molecule has 1 aliphatic heterocycles. The van der Waals surface area contributed by atoms with E-state index in [1.165, 1.54) is 4.57 Å². The summed E-state index contributed by atoms with van der Waals surface area (Å²) >= 11 is 0. The average molecular weight is 209 g/mol. The SMILES string of the molecule is Cn1cc(C2CCCCN2)c(=O)[nH]c1=O. The molecule has 5 nitrogen and oxygen atoms in total. The summed E-state index contributed by atoms with van der Waals surface area (Å²) in [5.74, 6) is 0. The van der Waals surface area contributed by atoms with Crippen molar-refractivity contribution >= 4 is 0 Å². The summed E-state index contributed by atoms with van der Waals surface area (Å²) in [5, 5.41) is 3.29. The third-order valence-corrected chi connectivity index (χ3v) is 2.82. The highest BCUT2D eigenvalue weighted by atomic mass is 16.2. The Bertz CT molecular complexity index is 454. The lowest BCUT2D eigenvalue weighted by atomic mass is 10.00. The van der Waals surface area contributed by atoms with Gasteiger partial charge in [-0.1, -0.05) is 6.42 Å². The summed E-state index contributed by atoms with van der Waals surface area (Å²) in [4.78, 5) is 25.1. The van der Waals surface area contributed by atoms with E-state index in [9.17, 15) is 9.59 Å². The van der Waals surface area contributed by atoms with Gasteiger partial charge >= 0.3 is 5.69 Å². The van der Waals surface area contributed by atoms with Crippen LogP contribution in [0.15, 0.2) is 15.8 Å². The Morgan fingerprint density at radius 2 is 2.20 bits per heavy atom. The maximum Gasteiger partial charge on any atom is 0.328 e. The minimum atomic E-state index is -0.362. The van der Waals surface area contributed by atoms with Crippen LogP contribution in [0.4, 0.5) is 0 Å². The molecule has 0 spiro atoms. The van der Waals surface area contributed by atoms with Crippen molar-refractivity contribution in [2.45, 2.75) is 25.3 Å². The highest BCUT2D eigenvalue weighted by molar-refractivity contribution is 5.11. The van der Waals surface area contributed by atoms with Gasteiger partial charge in [0.1, 0.15) is 0 Å². The van der Waals surface area contributed by atoms with Crippen molar-refractivity contribution < 1.29 is 0 Å². The normalized spacial score (nSPS) is 21.5. The molecule has 1 aliphatic rings. The van der Waals surface area contributed by atoms with Crippen molar-refractivity contribution in [3.05, 3.63) is 32.6 Å². The van der Waals surface area contributed by atoms with E-state index in [2.05, 4.69) is 10.3 Å². The molecular weight excluding hydrogens is 194 g/mol. The molecule has 1 aromatic heterocycles. The maximum absolute atomic E-state index is 11.6. The number of aromatic nitrogens is 2. The van der Waals surface area contributed by atoms with Gasteiger partial charge in [0, 0.05) is 19.3 Å². The number of aromatic amines is 1. The Hall–Kier alpha value is -1.36. The zero-order valence-electron chi connectivity index (χ0n) is 8.75. The lowest BCUT2D eigenvalue weighted by molar-refractivity contribution is 0.407. The quantitative estimate of drug-likeness (QED) is 0.678. The van der Waals surface area contributed by atoms with Crippen molar-refractivity contribution in [2.24, 2.45) is 7.05 Å². The molecule has 5 heteroatoms. The highest BCUT2D eigenvalue weighted by Crippen LogP contribution is 2.18. The predicted molar refractivity (Wildman–Crippen MR) is 56.9 cm³/mol. The van der Waals surface area contributed by atoms with Gasteiger partial charge < -0.3 is 9.88 Å². The Morgan fingerprint density at radius 1 is 1.40 bits per heavy atom. The maximum atomic E-state index is 11.6. The van der Waals surface area contributed by atoms with E-state index in [0.29, 0.717) is 5.56 Å². The fraction of sp³-hybridized carbons (Fsp3) is 0.600. The summed E-state index contributed by atoms with van der Waals surface area (Å²) < 4.78 is 1.41. The minimum Gasteiger partial charge on any atom is -0.310 e. The van der Waals surface area contributed by atoms with Crippen molar-refractivity contribution in [3.8, 4) is 0 Å². The molecule has 0 aromatic carbocycles. The van der Waals surface area contributed by atoms with E-state index in [1.54, 1.807) is 13.2 Å². The topological polar surface area (TPSA) is 66.9 Å². The fourth-order valence-electron chi connectivity index (χ4n) is 1.95. The molecule has 0 amide bonds. The van der Waals surface area contributed by atoms with Crippen LogP contribution in [0.5, 0.6) is 0 Å². The van der Waals surface area contributed by atoms with Crippen LogP contribution in [0.1, 0.15) is 30.9 Å². The van der Waals surface area contributed by atoms with Crippen molar-refractivity contribution in [2.75, 3.05) is 6.54 Å². The van der Waals surface area contributed by atoms with Gasteiger partial charge in [0.25, 0.3) is 5.56 Å². The molecule has 0 saturated carbocycles. The molecule has 1 saturated heterocycles. The second-order valence-electron chi connectivity index (χ2n) is 3.96. The Morgan fingerprint density at radius 3 is 2.87 bits per heavy atom. The average Bonchev–Trinajstić information content (AvgIpc) is 2.25. The lowest BCUT2D eigenvalue weighted by Gasteiger charge is -2.23. The number of hydrogen-bond donors (Lipinski definition) is 2. The number of H-pyrrole nitrogens is 1. The summed E-state index contributed by atoms with van der Waals surface area (Å²) in [7, 11) is 1.64. The number of nitrogens with one attached hydrogen (secondary N) is 2. The fourth-order valence-corrected chi connectivity index (χ4v) is 1.95. The summed E-state index contributed by atoms with van der Waals surface area (Å²) in [6.07, 6.45) is 4.87. The zero-order chi connectivity index (χ0) is 10.8.